The van der Waals surface area contributed by atoms with Crippen LogP contribution in [-0.4, -0.2) is 193 Å². The third-order valence-corrected chi connectivity index (χ3v) is 14.2. The van der Waals surface area contributed by atoms with E-state index in [-0.39, 0.29) is 56.2 Å². The molecule has 0 radical (unpaired) electrons. The van der Waals surface area contributed by atoms with Crippen molar-refractivity contribution in [3.63, 3.8) is 0 Å². The van der Waals surface area contributed by atoms with Crippen LogP contribution in [0.15, 0.2) is 24.3 Å². The highest BCUT2D eigenvalue weighted by atomic mass is 16.4. The van der Waals surface area contributed by atoms with E-state index in [1.54, 1.807) is 27.7 Å². The molecule has 20 N–H and O–H groups in total. The van der Waals surface area contributed by atoms with Gasteiger partial charge in [0.05, 0.1) is 25.4 Å². The Morgan fingerprint density at radius 3 is 1.12 bits per heavy atom. The van der Waals surface area contributed by atoms with Crippen LogP contribution in [0.1, 0.15) is 132 Å². The van der Waals surface area contributed by atoms with Gasteiger partial charge >= 0.3 is 17.9 Å². The molecule has 0 saturated carbocycles. The lowest BCUT2D eigenvalue weighted by Gasteiger charge is -2.30. The van der Waals surface area contributed by atoms with Crippen LogP contribution in [-0.2, 0) is 78.3 Å². The first-order valence-corrected chi connectivity index (χ1v) is 29.9. The van der Waals surface area contributed by atoms with Crippen molar-refractivity contribution >= 4 is 88.8 Å². The fraction of sp³-hybridized carbons (Fsp3) is 0.638. The van der Waals surface area contributed by atoms with Crippen LogP contribution in [0.2, 0.25) is 0 Å². The van der Waals surface area contributed by atoms with Crippen molar-refractivity contribution in [3.8, 4) is 5.75 Å². The highest BCUT2D eigenvalue weighted by molar-refractivity contribution is 6.01. The van der Waals surface area contributed by atoms with Crippen molar-refractivity contribution in [1.29, 1.82) is 0 Å². The van der Waals surface area contributed by atoms with Gasteiger partial charge in [0.2, 0.25) is 70.9 Å². The van der Waals surface area contributed by atoms with Crippen LogP contribution in [0, 0.1) is 23.7 Å². The fourth-order valence-electron chi connectivity index (χ4n) is 9.34. The molecule has 2 rings (SSSR count). The molecular formula is C58H91N13O20. The molecule has 0 bridgehead atoms. The Morgan fingerprint density at radius 1 is 0.418 bits per heavy atom. The van der Waals surface area contributed by atoms with Gasteiger partial charge < -0.3 is 95.5 Å². The number of nitrogens with one attached hydrogen (secondary N) is 11. The third-order valence-electron chi connectivity index (χ3n) is 14.2. The zero-order chi connectivity index (χ0) is 69.1. The van der Waals surface area contributed by atoms with Crippen LogP contribution in [0.3, 0.4) is 0 Å². The molecule has 1 aliphatic heterocycles. The molecule has 1 fully saturated rings. The maximum Gasteiger partial charge on any atom is 0.305 e. The maximum absolute atomic E-state index is 14.6. The number of aromatic hydroxyl groups is 1. The van der Waals surface area contributed by atoms with Crippen LogP contribution < -0.4 is 70.0 Å². The van der Waals surface area contributed by atoms with Crippen LogP contribution in [0.25, 0.3) is 0 Å². The number of hydrogen-bond acceptors (Lipinski definition) is 18. The minimum absolute atomic E-state index is 0.0727. The van der Waals surface area contributed by atoms with E-state index in [4.69, 9.17) is 11.5 Å². The number of carbonyl (C=O) groups excluding carboxylic acids is 12. The molecule has 1 heterocycles. The smallest absolute Gasteiger partial charge is 0.305 e. The first-order chi connectivity index (χ1) is 42.4. The van der Waals surface area contributed by atoms with Crippen molar-refractivity contribution in [2.45, 2.75) is 206 Å². The number of phenolic OH excluding ortho intramolecular Hbond substituents is 1. The molecule has 33 heteroatoms. The molecule has 0 unspecified atom stereocenters. The zero-order valence-electron chi connectivity index (χ0n) is 52.5. The number of carboxylic acid groups (broad SMARTS) is 3. The number of phenols is 1. The zero-order valence-corrected chi connectivity index (χ0v) is 52.5. The molecule has 12 amide bonds. The number of aliphatic hydroxyl groups excluding tert-OH is 1. The summed E-state index contributed by atoms with van der Waals surface area (Å²) in [7, 11) is 0. The van der Waals surface area contributed by atoms with Crippen LogP contribution in [0.4, 0.5) is 0 Å². The second kappa shape index (κ2) is 37.9. The van der Waals surface area contributed by atoms with Gasteiger partial charge in [0, 0.05) is 12.8 Å². The summed E-state index contributed by atoms with van der Waals surface area (Å²) in [5.41, 5.74) is 11.6. The lowest BCUT2D eigenvalue weighted by atomic mass is 9.98. The van der Waals surface area contributed by atoms with Crippen molar-refractivity contribution in [2.24, 2.45) is 35.1 Å². The number of rotatable bonds is 22. The molecule has 0 aliphatic carbocycles. The molecule has 1 aliphatic rings. The number of aliphatic hydroxyl groups is 1. The number of carboxylic acids is 3. The summed E-state index contributed by atoms with van der Waals surface area (Å²) in [6.45, 7) is 13.6. The minimum Gasteiger partial charge on any atom is -0.508 e. The SMILES string of the molecule is CC(C)C[C@@H]1NC(=O)[C@H](CC(C)C)NC(=O)[C@H](CCC(=O)O)NC(=O)[C@H](CC(N)=O)NC(=O)[C@H]([C@@H](C)O)NC(=O)[C@H](CC(=O)O)NC(=O)[C@H](C(C)C)NC(=O)[C@H](CC(=O)O)NC(=O)[C@H](C(C)C)NC(=O)[C@H](Cc2ccc(O)cc2)NC(=O)[C@H](CCCCN)NC1=O. The number of amides is 12. The van der Waals surface area contributed by atoms with Gasteiger partial charge in [-0.2, -0.15) is 0 Å². The van der Waals surface area contributed by atoms with E-state index >= 15 is 0 Å². The van der Waals surface area contributed by atoms with Gasteiger partial charge in [-0.25, -0.2) is 0 Å². The van der Waals surface area contributed by atoms with Gasteiger partial charge in [-0.05, 0) is 93.4 Å². The van der Waals surface area contributed by atoms with Crippen LogP contribution in [0.5, 0.6) is 5.75 Å². The topological polar surface area (TPSA) is 542 Å². The molecular weight excluding hydrogens is 1200 g/mol. The highest BCUT2D eigenvalue weighted by Gasteiger charge is 2.40. The fourth-order valence-corrected chi connectivity index (χ4v) is 9.34. The molecule has 508 valence electrons. The lowest BCUT2D eigenvalue weighted by Crippen LogP contribution is -2.63. The highest BCUT2D eigenvalue weighted by Crippen LogP contribution is 2.16. The van der Waals surface area contributed by atoms with Crippen molar-refractivity contribution < 1.29 is 97.5 Å². The van der Waals surface area contributed by atoms with Crippen molar-refractivity contribution in [1.82, 2.24) is 58.5 Å². The molecule has 33 nitrogen and oxygen atoms in total. The summed E-state index contributed by atoms with van der Waals surface area (Å²) in [5, 5.41) is 76.3. The summed E-state index contributed by atoms with van der Waals surface area (Å²) < 4.78 is 0. The number of carbonyl (C=O) groups is 15. The number of benzene rings is 1. The lowest BCUT2D eigenvalue weighted by molar-refractivity contribution is -0.142. The van der Waals surface area contributed by atoms with Gasteiger partial charge in [-0.1, -0.05) is 67.5 Å². The Bertz CT molecular complexity index is 2760. The second-order valence-corrected chi connectivity index (χ2v) is 23.9. The number of aliphatic carboxylic acids is 3. The predicted molar refractivity (Wildman–Crippen MR) is 321 cm³/mol. The first-order valence-electron chi connectivity index (χ1n) is 29.9. The van der Waals surface area contributed by atoms with Gasteiger partial charge in [0.15, 0.2) is 0 Å². The van der Waals surface area contributed by atoms with E-state index in [1.807, 2.05) is 0 Å². The normalized spacial score (nSPS) is 25.0. The van der Waals surface area contributed by atoms with Gasteiger partial charge in [-0.15, -0.1) is 0 Å². The summed E-state index contributed by atoms with van der Waals surface area (Å²) in [4.78, 5) is 205. The summed E-state index contributed by atoms with van der Waals surface area (Å²) in [5.74, 6) is -21.7. The van der Waals surface area contributed by atoms with E-state index in [9.17, 15) is 97.5 Å². The minimum atomic E-state index is -2.14. The summed E-state index contributed by atoms with van der Waals surface area (Å²) >= 11 is 0. The molecule has 1 saturated heterocycles. The summed E-state index contributed by atoms with van der Waals surface area (Å²) in [6.07, 6.45) is -6.81. The average Bonchev–Trinajstić information content (AvgIpc) is 1.01. The number of unbranched alkanes of at least 4 members (excludes halogenated alkanes) is 1. The average molecular weight is 1290 g/mol. The Hall–Kier alpha value is -9.01. The molecule has 0 spiro atoms. The van der Waals surface area contributed by atoms with Crippen molar-refractivity contribution in [3.05, 3.63) is 29.8 Å². The molecule has 12 atom stereocenters. The first kappa shape index (κ1) is 78.1. The molecule has 0 aromatic heterocycles. The number of primary amides is 1. The van der Waals surface area contributed by atoms with E-state index in [0.29, 0.717) is 12.0 Å². The van der Waals surface area contributed by atoms with E-state index in [2.05, 4.69) is 58.5 Å². The standard InChI is InChI=1S/C58H91N13O20/c1-26(2)20-35-50(83)61-33(12-10-11-19-59)48(81)65-37(22-31-13-15-32(73)16-14-31)53(86)69-45(28(5)6)56(89)67-39(24-43(77)78)54(87)70-46(29(7)8)57(90)68-40(25-44(79)80)55(88)71-47(30(9)72)58(91)66-38(23-41(60)74)52(85)62-34(17-18-42(75)76)49(82)63-36(21-27(3)4)51(84)64-35/h13-16,26-30,33-40,45-47,72-73H,10-12,17-25,59H2,1-9H3,(H2,60,74)(H,61,83)(H,62,85)(H,63,82)(H,64,84)(H,65,81)(H,66,91)(H,67,89)(H,68,90)(H,69,86)(H,70,87)(H,71,88)(H,75,76)(H,77,78)(H,79,80)/t30-,33+,34+,35+,36+,37+,38+,39+,40+,45+,46+,47+/m1/s1. The monoisotopic (exact) mass is 1290 g/mol. The Morgan fingerprint density at radius 2 is 0.747 bits per heavy atom. The Balaban J connectivity index is 3.00. The maximum atomic E-state index is 14.6. The predicted octanol–water partition coefficient (Wildman–Crippen LogP) is -4.12. The Kier molecular flexibility index (Phi) is 32.5. The number of hydrogen-bond donors (Lipinski definition) is 18. The van der Waals surface area contributed by atoms with E-state index in [1.165, 1.54) is 52.0 Å². The molecule has 1 aromatic rings. The van der Waals surface area contributed by atoms with Crippen LogP contribution >= 0.6 is 0 Å². The van der Waals surface area contributed by atoms with Gasteiger partial charge in [0.25, 0.3) is 0 Å². The van der Waals surface area contributed by atoms with Gasteiger partial charge in [-0.3, -0.25) is 71.9 Å². The molecule has 1 aromatic carbocycles. The summed E-state index contributed by atoms with van der Waals surface area (Å²) in [6, 6.07) is -14.1. The third kappa shape index (κ3) is 27.7. The van der Waals surface area contributed by atoms with Gasteiger partial charge in [0.1, 0.15) is 72.2 Å². The van der Waals surface area contributed by atoms with Crippen molar-refractivity contribution in [2.75, 3.05) is 6.54 Å². The van der Waals surface area contributed by atoms with E-state index < -0.39 is 205 Å². The van der Waals surface area contributed by atoms with E-state index in [0.717, 1.165) is 6.92 Å². The Labute approximate surface area is 526 Å². The largest absolute Gasteiger partial charge is 0.508 e. The quantitative estimate of drug-likeness (QED) is 0.0491. The second-order valence-electron chi connectivity index (χ2n) is 23.9. The molecule has 91 heavy (non-hydrogen) atoms. The number of nitrogens with two attached hydrogens (primary N) is 2.